The highest BCUT2D eigenvalue weighted by Gasteiger charge is 2.27. The lowest BCUT2D eigenvalue weighted by Gasteiger charge is -2.21. The van der Waals surface area contributed by atoms with Crippen molar-refractivity contribution >= 4 is 39.0 Å². The monoisotopic (exact) mass is 578 g/mol. The molecule has 3 aromatic carbocycles. The van der Waals surface area contributed by atoms with Gasteiger partial charge in [0.15, 0.2) is 11.4 Å². The van der Waals surface area contributed by atoms with Crippen LogP contribution in [0.2, 0.25) is 0 Å². The Morgan fingerprint density at radius 3 is 2.61 bits per heavy atom. The fourth-order valence-corrected chi connectivity index (χ4v) is 5.74. The molecule has 4 aromatic heterocycles. The van der Waals surface area contributed by atoms with Crippen molar-refractivity contribution in [2.24, 2.45) is 7.05 Å². The van der Waals surface area contributed by atoms with Crippen molar-refractivity contribution in [1.29, 1.82) is 0 Å². The summed E-state index contributed by atoms with van der Waals surface area (Å²) in [5.41, 5.74) is 10.5. The average molecular weight is 579 g/mol. The highest BCUT2D eigenvalue weighted by molar-refractivity contribution is 6.03. The predicted molar refractivity (Wildman–Crippen MR) is 170 cm³/mol. The van der Waals surface area contributed by atoms with Gasteiger partial charge in [-0.15, -0.1) is 4.52 Å². The third kappa shape index (κ3) is 4.46. The van der Waals surface area contributed by atoms with Gasteiger partial charge in [0, 0.05) is 47.2 Å². The van der Waals surface area contributed by atoms with E-state index < -0.39 is 11.9 Å². The summed E-state index contributed by atoms with van der Waals surface area (Å²) in [6, 6.07) is 26.2. The molecule has 0 saturated carbocycles. The van der Waals surface area contributed by atoms with Gasteiger partial charge in [-0.1, -0.05) is 60.4 Å². The maximum atomic E-state index is 14.4. The second-order valence-corrected chi connectivity index (χ2v) is 10.6. The van der Waals surface area contributed by atoms with Gasteiger partial charge in [0.25, 0.3) is 11.5 Å². The van der Waals surface area contributed by atoms with Crippen LogP contribution in [-0.4, -0.2) is 25.1 Å². The number of para-hydroxylation sites is 2. The van der Waals surface area contributed by atoms with Gasteiger partial charge in [-0.05, 0) is 47.6 Å². The number of carbonyl (C=O) groups is 1. The zero-order valence-corrected chi connectivity index (χ0v) is 24.1. The minimum atomic E-state index is -0.566. The van der Waals surface area contributed by atoms with Crippen molar-refractivity contribution in [1.82, 2.24) is 24.5 Å². The fourth-order valence-electron chi connectivity index (χ4n) is 5.74. The maximum absolute atomic E-state index is 14.4. The smallest absolute Gasteiger partial charge is 0.362 e. The molecule has 9 heteroatoms. The number of hydrogen-bond acceptors (Lipinski definition) is 4. The first kappa shape index (κ1) is 26.7. The van der Waals surface area contributed by atoms with E-state index >= 15 is 0 Å². The summed E-state index contributed by atoms with van der Waals surface area (Å²) in [6.07, 6.45) is 5.33. The molecule has 0 saturated heterocycles. The van der Waals surface area contributed by atoms with Crippen LogP contribution in [0.1, 0.15) is 40.1 Å². The molecule has 0 bridgehead atoms. The van der Waals surface area contributed by atoms with Crippen LogP contribution in [0.5, 0.6) is 0 Å². The van der Waals surface area contributed by atoms with E-state index in [1.54, 1.807) is 27.5 Å². The highest BCUT2D eigenvalue weighted by atomic mass is 16.2. The van der Waals surface area contributed by atoms with E-state index in [1.165, 1.54) is 0 Å². The molecule has 0 fully saturated rings. The molecule has 44 heavy (non-hydrogen) atoms. The number of aryl methyl sites for hydroxylation is 1. The van der Waals surface area contributed by atoms with Crippen molar-refractivity contribution in [3.8, 4) is 17.5 Å². The standard InChI is InChI=1S/C35H27N7O2/c1-22(38-34(43)31-32(36)39-41-19-9-18-37-33(31)41)29-20-24-11-8-10-23(30(24)35(44)42(29)26-12-4-3-5-13-26)16-17-25-21-40(2)28-15-7-6-14-27(25)28/h3-15,18-22H,1-2H3,(H3,36,38,39,43)/p+1. The topological polar surface area (TPSA) is 115 Å². The fraction of sp³-hybridized carbons (Fsp3) is 0.0857. The normalized spacial score (nSPS) is 11.9. The number of nitrogens with two attached hydrogens (primary N) is 1. The van der Waals surface area contributed by atoms with Gasteiger partial charge in [0.2, 0.25) is 0 Å². The first-order valence-electron chi connectivity index (χ1n) is 14.2. The van der Waals surface area contributed by atoms with Crippen molar-refractivity contribution in [3.05, 3.63) is 136 Å². The molecule has 7 aromatic rings. The number of aromatic nitrogens is 5. The van der Waals surface area contributed by atoms with Crippen LogP contribution in [0.4, 0.5) is 5.82 Å². The Hall–Kier alpha value is -6.14. The number of pyridine rings is 1. The Balaban J connectivity index is 1.35. The van der Waals surface area contributed by atoms with Crippen LogP contribution in [0.3, 0.4) is 0 Å². The molecule has 0 spiro atoms. The molecule has 214 valence electrons. The summed E-state index contributed by atoms with van der Waals surface area (Å²) in [4.78, 5) is 32.2. The predicted octanol–water partition coefficient (Wildman–Crippen LogP) is 4.42. The van der Waals surface area contributed by atoms with Crippen LogP contribution in [-0.2, 0) is 7.05 Å². The quantitative estimate of drug-likeness (QED) is 0.212. The van der Waals surface area contributed by atoms with Crippen LogP contribution >= 0.6 is 0 Å². The zero-order chi connectivity index (χ0) is 30.4. The van der Waals surface area contributed by atoms with Gasteiger partial charge in [0.1, 0.15) is 12.4 Å². The lowest BCUT2D eigenvalue weighted by molar-refractivity contribution is -0.577. The van der Waals surface area contributed by atoms with Crippen molar-refractivity contribution in [3.63, 3.8) is 0 Å². The summed E-state index contributed by atoms with van der Waals surface area (Å²) >= 11 is 0. The number of H-pyrrole nitrogens is 1. The number of hydrogen-bond donors (Lipinski definition) is 3. The Kier molecular flexibility index (Phi) is 6.44. The van der Waals surface area contributed by atoms with Gasteiger partial charge < -0.3 is 15.6 Å². The molecule has 4 heterocycles. The van der Waals surface area contributed by atoms with E-state index in [-0.39, 0.29) is 16.9 Å². The molecule has 1 atom stereocenters. The second kappa shape index (κ2) is 10.6. The Bertz CT molecular complexity index is 2350. The van der Waals surface area contributed by atoms with Crippen molar-refractivity contribution < 1.29 is 9.31 Å². The van der Waals surface area contributed by atoms with Crippen molar-refractivity contribution in [2.45, 2.75) is 13.0 Å². The van der Waals surface area contributed by atoms with E-state index in [0.29, 0.717) is 28.0 Å². The number of fused-ring (bicyclic) bond motifs is 3. The lowest BCUT2D eigenvalue weighted by Crippen LogP contribution is -2.33. The number of anilines is 1. The Morgan fingerprint density at radius 2 is 1.77 bits per heavy atom. The van der Waals surface area contributed by atoms with Crippen LogP contribution in [0.25, 0.3) is 33.0 Å². The van der Waals surface area contributed by atoms with Crippen molar-refractivity contribution in [2.75, 3.05) is 5.73 Å². The molecule has 7 rings (SSSR count). The number of rotatable bonds is 4. The molecule has 0 aliphatic carbocycles. The Labute approximate surface area is 252 Å². The van der Waals surface area contributed by atoms with Crippen LogP contribution < -0.4 is 21.1 Å². The highest BCUT2D eigenvalue weighted by Crippen LogP contribution is 2.25. The molecule has 0 aliphatic heterocycles. The summed E-state index contributed by atoms with van der Waals surface area (Å²) in [6.45, 7) is 1.84. The van der Waals surface area contributed by atoms with E-state index in [9.17, 15) is 9.59 Å². The molecule has 4 N–H and O–H groups in total. The molecule has 0 aliphatic rings. The van der Waals surface area contributed by atoms with Crippen LogP contribution in [0, 0.1) is 11.8 Å². The first-order valence-corrected chi connectivity index (χ1v) is 14.2. The summed E-state index contributed by atoms with van der Waals surface area (Å²) in [5, 5.41) is 8.26. The largest absolute Gasteiger partial charge is 0.382 e. The SMILES string of the molecule is CC(NC(=O)c1c(N)[nH][n+]2cccnc12)c1cc2cccc(C#Cc3cn(C)c4ccccc34)c2c(=O)n1-c1ccccc1. The zero-order valence-electron chi connectivity index (χ0n) is 24.1. The molecule has 9 nitrogen and oxygen atoms in total. The average Bonchev–Trinajstić information content (AvgIpc) is 3.55. The number of benzene rings is 3. The van der Waals surface area contributed by atoms with Gasteiger partial charge in [-0.25, -0.2) is 5.10 Å². The number of aromatic amines is 1. The second-order valence-electron chi connectivity index (χ2n) is 10.6. The molecule has 1 unspecified atom stereocenters. The first-order chi connectivity index (χ1) is 21.4. The molecule has 1 amide bonds. The van der Waals surface area contributed by atoms with E-state index in [1.807, 2.05) is 97.5 Å². The third-order valence-corrected chi connectivity index (χ3v) is 7.82. The number of amides is 1. The Morgan fingerprint density at radius 1 is 1.00 bits per heavy atom. The summed E-state index contributed by atoms with van der Waals surface area (Å²) < 4.78 is 5.28. The summed E-state index contributed by atoms with van der Waals surface area (Å²) in [7, 11) is 1.99. The number of nitrogens with zero attached hydrogens (tertiary/aromatic N) is 4. The van der Waals surface area contributed by atoms with Gasteiger partial charge in [-0.2, -0.15) is 0 Å². The van der Waals surface area contributed by atoms with E-state index in [4.69, 9.17) is 5.73 Å². The van der Waals surface area contributed by atoms with Gasteiger partial charge >= 0.3 is 5.65 Å². The lowest BCUT2D eigenvalue weighted by atomic mass is 10.0. The van der Waals surface area contributed by atoms with Gasteiger partial charge in [-0.3, -0.25) is 14.2 Å². The molecular weight excluding hydrogens is 550 g/mol. The van der Waals surface area contributed by atoms with Gasteiger partial charge in [0.05, 0.1) is 17.0 Å². The molecule has 0 radical (unpaired) electrons. The van der Waals surface area contributed by atoms with E-state index in [0.717, 1.165) is 21.9 Å². The minimum absolute atomic E-state index is 0.196. The minimum Gasteiger partial charge on any atom is -0.382 e. The van der Waals surface area contributed by atoms with E-state index in [2.05, 4.69) is 33.3 Å². The van der Waals surface area contributed by atoms with Crippen LogP contribution in [0.15, 0.2) is 108 Å². The number of nitrogen functional groups attached to an aromatic ring is 1. The number of carbonyl (C=O) groups excluding carboxylic acids is 1. The number of nitrogens with one attached hydrogen (secondary N) is 2. The summed E-state index contributed by atoms with van der Waals surface area (Å²) in [5.74, 6) is 6.37. The third-order valence-electron chi connectivity index (χ3n) is 7.82. The molecular formula is C35H28N7O2+. The maximum Gasteiger partial charge on any atom is 0.362 e.